The Balaban J connectivity index is 1.76. The van der Waals surface area contributed by atoms with Gasteiger partial charge < -0.3 is 10.1 Å². The second kappa shape index (κ2) is 5.89. The van der Waals surface area contributed by atoms with E-state index in [-0.39, 0.29) is 0 Å². The first-order chi connectivity index (χ1) is 11.3. The molecule has 3 nitrogen and oxygen atoms in total. The van der Waals surface area contributed by atoms with Gasteiger partial charge in [0.25, 0.3) is 0 Å². The summed E-state index contributed by atoms with van der Waals surface area (Å²) < 4.78 is 9.64. The van der Waals surface area contributed by atoms with Gasteiger partial charge in [-0.15, -0.1) is 0 Å². The third-order valence-electron chi connectivity index (χ3n) is 3.99. The number of rotatable bonds is 3. The maximum atomic E-state index is 5.24. The molecule has 0 fully saturated rings. The number of nitrogens with zero attached hydrogens (tertiary/aromatic N) is 1. The van der Waals surface area contributed by atoms with E-state index in [9.17, 15) is 0 Å². The van der Waals surface area contributed by atoms with Crippen LogP contribution in [0.3, 0.4) is 0 Å². The van der Waals surface area contributed by atoms with Crippen molar-refractivity contribution in [3.8, 4) is 27.3 Å². The van der Waals surface area contributed by atoms with Gasteiger partial charge in [-0.25, -0.2) is 0 Å². The molecule has 0 aliphatic carbocycles. The van der Waals surface area contributed by atoms with Crippen molar-refractivity contribution in [1.29, 1.82) is 0 Å². The molecular formula is C19H16N2OS. The highest BCUT2D eigenvalue weighted by Gasteiger charge is 2.13. The average Bonchev–Trinajstić information content (AvgIpc) is 3.11. The number of hydrogen-bond donors (Lipinski definition) is 1. The van der Waals surface area contributed by atoms with Gasteiger partial charge in [0.2, 0.25) is 0 Å². The van der Waals surface area contributed by atoms with Gasteiger partial charge >= 0.3 is 0 Å². The number of aromatic nitrogens is 1. The lowest BCUT2D eigenvalue weighted by Gasteiger charge is -2.14. The lowest BCUT2D eigenvalue weighted by Crippen LogP contribution is -2.04. The summed E-state index contributed by atoms with van der Waals surface area (Å²) in [6.07, 6.45) is 6.23. The van der Waals surface area contributed by atoms with Crippen LogP contribution in [0.1, 0.15) is 5.56 Å². The van der Waals surface area contributed by atoms with Crippen molar-refractivity contribution in [2.45, 2.75) is 0 Å². The molecule has 114 valence electrons. The third kappa shape index (κ3) is 2.62. The van der Waals surface area contributed by atoms with Crippen molar-refractivity contribution in [2.75, 3.05) is 19.0 Å². The number of nitrogens with one attached hydrogen (secondary N) is 1. The summed E-state index contributed by atoms with van der Waals surface area (Å²) in [5, 5.41) is 3.42. The zero-order valence-electron chi connectivity index (χ0n) is 12.7. The van der Waals surface area contributed by atoms with Gasteiger partial charge in [0.1, 0.15) is 5.75 Å². The minimum Gasteiger partial charge on any atom is -0.497 e. The maximum Gasteiger partial charge on any atom is 0.118 e. The molecule has 1 aromatic heterocycles. The Labute approximate surface area is 139 Å². The molecule has 1 aliphatic rings. The molecular weight excluding hydrogens is 304 g/mol. The second-order valence-electron chi connectivity index (χ2n) is 5.38. The Morgan fingerprint density at radius 2 is 1.91 bits per heavy atom. The summed E-state index contributed by atoms with van der Waals surface area (Å²) in [4.78, 5) is 1.19. The topological polar surface area (TPSA) is 34.1 Å². The molecule has 0 amide bonds. The van der Waals surface area contributed by atoms with Gasteiger partial charge in [-0.3, -0.25) is 0 Å². The van der Waals surface area contributed by atoms with Gasteiger partial charge in [0.05, 0.1) is 12.0 Å². The Bertz CT molecular complexity index is 865. The minimum absolute atomic E-state index is 0.864. The highest BCUT2D eigenvalue weighted by atomic mass is 32.1. The van der Waals surface area contributed by atoms with E-state index in [0.29, 0.717) is 0 Å². The number of ether oxygens (including phenoxy) is 1. The standard InChI is InChI=1S/C19H16N2OS/c1-22-16-8-6-13(7-9-16)17-12-21-23-19(17)15-5-4-14-3-2-10-20-18(14)11-15/h2-9,11-12,20H,10H2,1H3. The Hall–Kier alpha value is -2.59. The van der Waals surface area contributed by atoms with Crippen LogP contribution in [0.5, 0.6) is 5.75 Å². The molecule has 1 aliphatic heterocycles. The van der Waals surface area contributed by atoms with Crippen LogP contribution in [0.2, 0.25) is 0 Å². The SMILES string of the molecule is COc1ccc(-c2cnsc2-c2ccc3c(c2)NCC=C3)cc1. The van der Waals surface area contributed by atoms with Crippen LogP contribution < -0.4 is 10.1 Å². The molecule has 0 radical (unpaired) electrons. The fraction of sp³-hybridized carbons (Fsp3) is 0.105. The van der Waals surface area contributed by atoms with Gasteiger partial charge in [0, 0.05) is 24.0 Å². The predicted molar refractivity (Wildman–Crippen MR) is 97.1 cm³/mol. The number of fused-ring (bicyclic) bond motifs is 1. The second-order valence-corrected chi connectivity index (χ2v) is 6.18. The van der Waals surface area contributed by atoms with Crippen LogP contribution >= 0.6 is 11.5 Å². The molecule has 1 N–H and O–H groups in total. The summed E-state index contributed by atoms with van der Waals surface area (Å²) in [6.45, 7) is 0.879. The molecule has 23 heavy (non-hydrogen) atoms. The number of benzene rings is 2. The summed E-state index contributed by atoms with van der Waals surface area (Å²) >= 11 is 1.53. The molecule has 0 spiro atoms. The Morgan fingerprint density at radius 1 is 1.09 bits per heavy atom. The predicted octanol–water partition coefficient (Wildman–Crippen LogP) is 4.92. The molecule has 2 aromatic carbocycles. The van der Waals surface area contributed by atoms with E-state index >= 15 is 0 Å². The quantitative estimate of drug-likeness (QED) is 0.743. The van der Waals surface area contributed by atoms with E-state index in [1.54, 1.807) is 7.11 Å². The highest BCUT2D eigenvalue weighted by molar-refractivity contribution is 7.10. The van der Waals surface area contributed by atoms with E-state index in [1.165, 1.54) is 33.2 Å². The number of hydrogen-bond acceptors (Lipinski definition) is 4. The Morgan fingerprint density at radius 3 is 2.74 bits per heavy atom. The fourth-order valence-corrected chi connectivity index (χ4v) is 3.54. The zero-order valence-corrected chi connectivity index (χ0v) is 13.6. The van der Waals surface area contributed by atoms with E-state index in [2.05, 4.69) is 52.2 Å². The van der Waals surface area contributed by atoms with Crippen LogP contribution in [0.25, 0.3) is 27.6 Å². The zero-order chi connectivity index (χ0) is 15.6. The lowest BCUT2D eigenvalue weighted by atomic mass is 10.0. The summed E-state index contributed by atoms with van der Waals surface area (Å²) in [5.74, 6) is 0.864. The van der Waals surface area contributed by atoms with Crippen molar-refractivity contribution in [2.24, 2.45) is 0 Å². The molecule has 0 bridgehead atoms. The Kier molecular flexibility index (Phi) is 3.60. The van der Waals surface area contributed by atoms with Gasteiger partial charge in [-0.1, -0.05) is 36.4 Å². The van der Waals surface area contributed by atoms with E-state index < -0.39 is 0 Å². The first-order valence-corrected chi connectivity index (χ1v) is 8.26. The smallest absolute Gasteiger partial charge is 0.118 e. The largest absolute Gasteiger partial charge is 0.497 e. The van der Waals surface area contributed by atoms with Crippen molar-refractivity contribution in [1.82, 2.24) is 4.37 Å². The molecule has 2 heterocycles. The van der Waals surface area contributed by atoms with Crippen LogP contribution in [-0.2, 0) is 0 Å². The van der Waals surface area contributed by atoms with E-state index in [0.717, 1.165) is 23.4 Å². The maximum absolute atomic E-state index is 5.24. The molecule has 0 unspecified atom stereocenters. The summed E-state index contributed by atoms with van der Waals surface area (Å²) in [6, 6.07) is 14.6. The molecule has 4 rings (SSSR count). The number of anilines is 1. The molecule has 0 saturated heterocycles. The minimum atomic E-state index is 0.864. The summed E-state index contributed by atoms with van der Waals surface area (Å²) in [7, 11) is 1.68. The van der Waals surface area contributed by atoms with Crippen LogP contribution in [-0.4, -0.2) is 18.0 Å². The summed E-state index contributed by atoms with van der Waals surface area (Å²) in [5.41, 5.74) is 5.92. The van der Waals surface area contributed by atoms with Crippen molar-refractivity contribution in [3.05, 3.63) is 60.3 Å². The first-order valence-electron chi connectivity index (χ1n) is 7.49. The number of methoxy groups -OCH3 is 1. The van der Waals surface area contributed by atoms with Crippen molar-refractivity contribution >= 4 is 23.3 Å². The van der Waals surface area contributed by atoms with Crippen molar-refractivity contribution in [3.63, 3.8) is 0 Å². The monoisotopic (exact) mass is 320 g/mol. The highest BCUT2D eigenvalue weighted by Crippen LogP contribution is 2.37. The molecule has 4 heteroatoms. The van der Waals surface area contributed by atoms with Gasteiger partial charge in [0.15, 0.2) is 0 Å². The molecule has 0 atom stereocenters. The lowest BCUT2D eigenvalue weighted by molar-refractivity contribution is 0.415. The molecule has 0 saturated carbocycles. The third-order valence-corrected chi connectivity index (χ3v) is 4.84. The van der Waals surface area contributed by atoms with Crippen LogP contribution in [0.15, 0.2) is 54.7 Å². The van der Waals surface area contributed by atoms with Gasteiger partial charge in [-0.2, -0.15) is 4.37 Å². The van der Waals surface area contributed by atoms with E-state index in [4.69, 9.17) is 4.74 Å². The average molecular weight is 320 g/mol. The van der Waals surface area contributed by atoms with Crippen LogP contribution in [0.4, 0.5) is 5.69 Å². The normalized spacial score (nSPS) is 12.6. The fourth-order valence-electron chi connectivity index (χ4n) is 2.77. The first kappa shape index (κ1) is 14.0. The van der Waals surface area contributed by atoms with Crippen molar-refractivity contribution < 1.29 is 4.74 Å². The van der Waals surface area contributed by atoms with E-state index in [1.807, 2.05) is 18.3 Å². The molecule has 3 aromatic rings. The van der Waals surface area contributed by atoms with Crippen LogP contribution in [0, 0.1) is 0 Å². The van der Waals surface area contributed by atoms with Gasteiger partial charge in [-0.05, 0) is 46.4 Å².